The van der Waals surface area contributed by atoms with E-state index in [1.165, 1.54) is 32.2 Å². The smallest absolute Gasteiger partial charge is 0.00868 e. The van der Waals surface area contributed by atoms with Gasteiger partial charge in [-0.15, -0.1) is 0 Å². The highest BCUT2D eigenvalue weighted by molar-refractivity contribution is 4.66. The third kappa shape index (κ3) is 6.39. The molecule has 0 spiro atoms. The SMILES string of the molecule is CC(C)C(C)N(C)CCCCCCN. The lowest BCUT2D eigenvalue weighted by molar-refractivity contribution is 0.204. The van der Waals surface area contributed by atoms with Crippen LogP contribution >= 0.6 is 0 Å². The Labute approximate surface area is 89.9 Å². The lowest BCUT2D eigenvalue weighted by atomic mass is 10.0. The van der Waals surface area contributed by atoms with Gasteiger partial charge in [-0.25, -0.2) is 0 Å². The van der Waals surface area contributed by atoms with Crippen molar-refractivity contribution in [1.29, 1.82) is 0 Å². The molecule has 0 amide bonds. The Bertz CT molecular complexity index is 123. The quantitative estimate of drug-likeness (QED) is 0.610. The average Bonchev–Trinajstić information content (AvgIpc) is 2.16. The molecule has 86 valence electrons. The fourth-order valence-corrected chi connectivity index (χ4v) is 1.57. The second-order valence-corrected chi connectivity index (χ2v) is 4.67. The molecule has 0 saturated heterocycles. The minimum absolute atomic E-state index is 0.699. The molecule has 0 aromatic heterocycles. The first-order chi connectivity index (χ1) is 6.59. The first-order valence-electron chi connectivity index (χ1n) is 6.00. The largest absolute Gasteiger partial charge is 0.330 e. The van der Waals surface area contributed by atoms with Crippen molar-refractivity contribution in [2.24, 2.45) is 11.7 Å². The van der Waals surface area contributed by atoms with Crippen molar-refractivity contribution < 1.29 is 0 Å². The molecule has 0 aliphatic carbocycles. The third-order valence-electron chi connectivity index (χ3n) is 3.13. The maximum absolute atomic E-state index is 5.45. The molecule has 2 heteroatoms. The monoisotopic (exact) mass is 200 g/mol. The molecule has 1 unspecified atom stereocenters. The van der Waals surface area contributed by atoms with E-state index in [2.05, 4.69) is 32.7 Å². The molecule has 0 rings (SSSR count). The van der Waals surface area contributed by atoms with Crippen LogP contribution in [0.15, 0.2) is 0 Å². The van der Waals surface area contributed by atoms with Gasteiger partial charge in [0.2, 0.25) is 0 Å². The van der Waals surface area contributed by atoms with E-state index in [0.29, 0.717) is 6.04 Å². The van der Waals surface area contributed by atoms with Crippen molar-refractivity contribution in [3.63, 3.8) is 0 Å². The van der Waals surface area contributed by atoms with Crippen molar-refractivity contribution in [2.45, 2.75) is 52.5 Å². The summed E-state index contributed by atoms with van der Waals surface area (Å²) in [6.45, 7) is 8.96. The van der Waals surface area contributed by atoms with E-state index in [-0.39, 0.29) is 0 Å². The Morgan fingerprint density at radius 1 is 1.00 bits per heavy atom. The highest BCUT2D eigenvalue weighted by atomic mass is 15.1. The highest BCUT2D eigenvalue weighted by Gasteiger charge is 2.11. The fraction of sp³-hybridized carbons (Fsp3) is 1.00. The zero-order chi connectivity index (χ0) is 11.0. The number of hydrogen-bond acceptors (Lipinski definition) is 2. The van der Waals surface area contributed by atoms with E-state index >= 15 is 0 Å². The molecule has 2 N–H and O–H groups in total. The Balaban J connectivity index is 3.39. The molecule has 0 aliphatic heterocycles. The van der Waals surface area contributed by atoms with Crippen molar-refractivity contribution in [3.8, 4) is 0 Å². The van der Waals surface area contributed by atoms with Crippen LogP contribution in [0.25, 0.3) is 0 Å². The normalized spacial score (nSPS) is 13.9. The van der Waals surface area contributed by atoms with Crippen LogP contribution in [0.3, 0.4) is 0 Å². The van der Waals surface area contributed by atoms with Gasteiger partial charge in [-0.2, -0.15) is 0 Å². The van der Waals surface area contributed by atoms with Crippen LogP contribution in [0.2, 0.25) is 0 Å². The number of rotatable bonds is 8. The lowest BCUT2D eigenvalue weighted by Gasteiger charge is -2.27. The van der Waals surface area contributed by atoms with Gasteiger partial charge in [-0.1, -0.05) is 26.7 Å². The van der Waals surface area contributed by atoms with Gasteiger partial charge in [0, 0.05) is 6.04 Å². The molecule has 0 saturated carbocycles. The van der Waals surface area contributed by atoms with Crippen LogP contribution < -0.4 is 5.73 Å². The number of unbranched alkanes of at least 4 members (excludes halogenated alkanes) is 3. The molecule has 0 aromatic rings. The van der Waals surface area contributed by atoms with Crippen LogP contribution in [-0.2, 0) is 0 Å². The Kier molecular flexibility index (Phi) is 8.20. The summed E-state index contributed by atoms with van der Waals surface area (Å²) in [4.78, 5) is 2.47. The second kappa shape index (κ2) is 8.25. The van der Waals surface area contributed by atoms with Gasteiger partial charge in [0.15, 0.2) is 0 Å². The number of nitrogens with two attached hydrogens (primary N) is 1. The van der Waals surface area contributed by atoms with Gasteiger partial charge in [0.1, 0.15) is 0 Å². The zero-order valence-corrected chi connectivity index (χ0v) is 10.4. The van der Waals surface area contributed by atoms with E-state index in [1.54, 1.807) is 0 Å². The summed E-state index contributed by atoms with van der Waals surface area (Å²) in [6, 6.07) is 0.699. The van der Waals surface area contributed by atoms with E-state index < -0.39 is 0 Å². The van der Waals surface area contributed by atoms with Crippen molar-refractivity contribution in [2.75, 3.05) is 20.1 Å². The maximum atomic E-state index is 5.45. The van der Waals surface area contributed by atoms with Crippen LogP contribution in [0.4, 0.5) is 0 Å². The Morgan fingerprint density at radius 2 is 1.57 bits per heavy atom. The summed E-state index contributed by atoms with van der Waals surface area (Å²) in [5.74, 6) is 0.754. The zero-order valence-electron chi connectivity index (χ0n) is 10.4. The standard InChI is InChI=1S/C12H28N2/c1-11(2)12(3)14(4)10-8-6-5-7-9-13/h11-12H,5-10,13H2,1-4H3. The molecule has 1 atom stereocenters. The van der Waals surface area contributed by atoms with E-state index in [9.17, 15) is 0 Å². The van der Waals surface area contributed by atoms with Crippen molar-refractivity contribution >= 4 is 0 Å². The van der Waals surface area contributed by atoms with Crippen molar-refractivity contribution in [1.82, 2.24) is 4.90 Å². The van der Waals surface area contributed by atoms with Crippen molar-refractivity contribution in [3.05, 3.63) is 0 Å². The van der Waals surface area contributed by atoms with Crippen LogP contribution in [0.5, 0.6) is 0 Å². The first-order valence-corrected chi connectivity index (χ1v) is 6.00. The summed E-state index contributed by atoms with van der Waals surface area (Å²) >= 11 is 0. The summed E-state index contributed by atoms with van der Waals surface area (Å²) < 4.78 is 0. The summed E-state index contributed by atoms with van der Waals surface area (Å²) in [7, 11) is 2.23. The molecular weight excluding hydrogens is 172 g/mol. The fourth-order valence-electron chi connectivity index (χ4n) is 1.57. The molecule has 0 fully saturated rings. The molecule has 2 nitrogen and oxygen atoms in total. The van der Waals surface area contributed by atoms with Gasteiger partial charge in [0.25, 0.3) is 0 Å². The van der Waals surface area contributed by atoms with E-state index in [1.807, 2.05) is 0 Å². The molecule has 0 bridgehead atoms. The lowest BCUT2D eigenvalue weighted by Crippen LogP contribution is -2.33. The minimum Gasteiger partial charge on any atom is -0.330 e. The third-order valence-corrected chi connectivity index (χ3v) is 3.13. The molecule has 0 aliphatic rings. The first kappa shape index (κ1) is 13.9. The molecule has 0 heterocycles. The summed E-state index contributed by atoms with van der Waals surface area (Å²) in [5.41, 5.74) is 5.45. The molecule has 0 aromatic carbocycles. The predicted octanol–water partition coefficient (Wildman–Crippen LogP) is 2.48. The molecular formula is C12H28N2. The van der Waals surface area contributed by atoms with Crippen LogP contribution in [-0.4, -0.2) is 31.1 Å². The maximum Gasteiger partial charge on any atom is 0.00868 e. The Hall–Kier alpha value is -0.0800. The number of nitrogens with zero attached hydrogens (tertiary/aromatic N) is 1. The minimum atomic E-state index is 0.699. The summed E-state index contributed by atoms with van der Waals surface area (Å²) in [5, 5.41) is 0. The van der Waals surface area contributed by atoms with Gasteiger partial charge >= 0.3 is 0 Å². The van der Waals surface area contributed by atoms with E-state index in [4.69, 9.17) is 5.73 Å². The topological polar surface area (TPSA) is 29.3 Å². The van der Waals surface area contributed by atoms with E-state index in [0.717, 1.165) is 12.5 Å². The number of hydrogen-bond donors (Lipinski definition) is 1. The van der Waals surface area contributed by atoms with Gasteiger partial charge in [-0.05, 0) is 45.8 Å². The average molecular weight is 200 g/mol. The predicted molar refractivity (Wildman–Crippen MR) is 64.5 cm³/mol. The van der Waals surface area contributed by atoms with Gasteiger partial charge < -0.3 is 10.6 Å². The highest BCUT2D eigenvalue weighted by Crippen LogP contribution is 2.09. The molecule has 14 heavy (non-hydrogen) atoms. The van der Waals surface area contributed by atoms with Crippen LogP contribution in [0, 0.1) is 5.92 Å². The Morgan fingerprint density at radius 3 is 2.07 bits per heavy atom. The molecule has 0 radical (unpaired) electrons. The van der Waals surface area contributed by atoms with Gasteiger partial charge in [-0.3, -0.25) is 0 Å². The van der Waals surface area contributed by atoms with Gasteiger partial charge in [0.05, 0.1) is 0 Å². The summed E-state index contributed by atoms with van der Waals surface area (Å²) in [6.07, 6.45) is 5.11. The van der Waals surface area contributed by atoms with Crippen LogP contribution in [0.1, 0.15) is 46.5 Å². The second-order valence-electron chi connectivity index (χ2n) is 4.67.